The summed E-state index contributed by atoms with van der Waals surface area (Å²) in [6.45, 7) is 3.52. The maximum Gasteiger partial charge on any atom is 0.259 e. The third-order valence-electron chi connectivity index (χ3n) is 2.76. The van der Waals surface area contributed by atoms with Gasteiger partial charge in [-0.3, -0.25) is 0 Å². The van der Waals surface area contributed by atoms with Crippen LogP contribution < -0.4 is 10.5 Å². The van der Waals surface area contributed by atoms with Gasteiger partial charge in [-0.15, -0.1) is 0 Å². The number of oxime groups is 1. The van der Waals surface area contributed by atoms with Crippen LogP contribution in [0.5, 0.6) is 0 Å². The van der Waals surface area contributed by atoms with Gasteiger partial charge in [-0.1, -0.05) is 12.1 Å². The zero-order chi connectivity index (χ0) is 14.6. The molecule has 0 aliphatic carbocycles. The van der Waals surface area contributed by atoms with Crippen LogP contribution in [0.15, 0.2) is 16.4 Å². The van der Waals surface area contributed by atoms with Gasteiger partial charge in [0.15, 0.2) is 5.03 Å². The summed E-state index contributed by atoms with van der Waals surface area (Å²) in [7, 11) is -1.98. The Hall–Kier alpha value is -1.61. The lowest BCUT2D eigenvalue weighted by atomic mass is 10.1. The predicted molar refractivity (Wildman–Crippen MR) is 70.4 cm³/mol. The lowest BCUT2D eigenvalue weighted by Gasteiger charge is -2.15. The van der Waals surface area contributed by atoms with Crippen LogP contribution in [0, 0.1) is 6.92 Å². The van der Waals surface area contributed by atoms with Crippen molar-refractivity contribution in [2.75, 3.05) is 0 Å². The normalized spacial score (nSPS) is 14.6. The highest BCUT2D eigenvalue weighted by Gasteiger charge is 2.22. The highest BCUT2D eigenvalue weighted by Crippen LogP contribution is 2.10. The number of aryl methyl sites for hydroxylation is 2. The van der Waals surface area contributed by atoms with Crippen LogP contribution in [0.1, 0.15) is 25.6 Å². The highest BCUT2D eigenvalue weighted by molar-refractivity contribution is 7.89. The van der Waals surface area contributed by atoms with Gasteiger partial charge in [-0.25, -0.2) is 18.1 Å². The average Bonchev–Trinajstić information content (AvgIpc) is 2.69. The van der Waals surface area contributed by atoms with Gasteiger partial charge in [-0.2, -0.15) is 0 Å². The third-order valence-corrected chi connectivity index (χ3v) is 4.15. The van der Waals surface area contributed by atoms with Crippen LogP contribution in [0.2, 0.25) is 0 Å². The number of hydrogen-bond acceptors (Lipinski definition) is 5. The molecule has 1 atom stereocenters. The Morgan fingerprint density at radius 1 is 1.68 bits per heavy atom. The SMILES string of the molecule is CCC(CC(N)=NO)NS(=O)(=O)c1cn(C)c(C)n1. The Balaban J connectivity index is 2.89. The third kappa shape index (κ3) is 3.93. The number of rotatable bonds is 6. The summed E-state index contributed by atoms with van der Waals surface area (Å²) < 4.78 is 28.3. The van der Waals surface area contributed by atoms with Crippen LogP contribution in [-0.2, 0) is 17.1 Å². The van der Waals surface area contributed by atoms with Crippen LogP contribution in [-0.4, -0.2) is 35.1 Å². The smallest absolute Gasteiger partial charge is 0.259 e. The molecule has 0 radical (unpaired) electrons. The zero-order valence-corrected chi connectivity index (χ0v) is 12.0. The summed E-state index contributed by atoms with van der Waals surface area (Å²) in [5.74, 6) is 0.580. The van der Waals surface area contributed by atoms with Gasteiger partial charge in [0, 0.05) is 25.7 Å². The maximum absolute atomic E-state index is 12.1. The van der Waals surface area contributed by atoms with E-state index in [1.807, 2.05) is 6.92 Å². The van der Waals surface area contributed by atoms with Crippen molar-refractivity contribution in [3.63, 3.8) is 0 Å². The molecule has 1 unspecified atom stereocenters. The van der Waals surface area contributed by atoms with E-state index in [4.69, 9.17) is 10.9 Å². The molecule has 0 aliphatic heterocycles. The Kier molecular flexibility index (Phi) is 4.90. The number of nitrogens with two attached hydrogens (primary N) is 1. The Labute approximate surface area is 112 Å². The molecule has 1 rings (SSSR count). The molecule has 0 saturated heterocycles. The fourth-order valence-electron chi connectivity index (χ4n) is 1.50. The maximum atomic E-state index is 12.1. The van der Waals surface area contributed by atoms with Crippen LogP contribution in [0.3, 0.4) is 0 Å². The van der Waals surface area contributed by atoms with E-state index in [1.165, 1.54) is 6.20 Å². The number of aromatic nitrogens is 2. The van der Waals surface area contributed by atoms with Crippen molar-refractivity contribution in [3.05, 3.63) is 12.0 Å². The second-order valence-corrected chi connectivity index (χ2v) is 5.92. The second kappa shape index (κ2) is 6.02. The monoisotopic (exact) mass is 289 g/mol. The average molecular weight is 289 g/mol. The number of amidine groups is 1. The van der Waals surface area contributed by atoms with E-state index in [-0.39, 0.29) is 17.3 Å². The van der Waals surface area contributed by atoms with E-state index in [0.29, 0.717) is 12.2 Å². The first kappa shape index (κ1) is 15.4. The Bertz CT molecular complexity index is 544. The van der Waals surface area contributed by atoms with Crippen LogP contribution in [0.25, 0.3) is 0 Å². The van der Waals surface area contributed by atoms with Crippen molar-refractivity contribution < 1.29 is 13.6 Å². The van der Waals surface area contributed by atoms with Gasteiger partial charge in [0.1, 0.15) is 11.7 Å². The number of nitrogens with one attached hydrogen (secondary N) is 1. The Morgan fingerprint density at radius 3 is 2.74 bits per heavy atom. The van der Waals surface area contributed by atoms with Gasteiger partial charge in [0.25, 0.3) is 10.0 Å². The van der Waals surface area contributed by atoms with Gasteiger partial charge in [0.2, 0.25) is 0 Å². The minimum atomic E-state index is -3.70. The zero-order valence-electron chi connectivity index (χ0n) is 11.2. The summed E-state index contributed by atoms with van der Waals surface area (Å²) in [5, 5.41) is 11.3. The minimum Gasteiger partial charge on any atom is -0.409 e. The van der Waals surface area contributed by atoms with E-state index in [1.54, 1.807) is 18.5 Å². The largest absolute Gasteiger partial charge is 0.409 e. The summed E-state index contributed by atoms with van der Waals surface area (Å²) in [4.78, 5) is 3.97. The van der Waals surface area contributed by atoms with Gasteiger partial charge >= 0.3 is 0 Å². The molecule has 1 heterocycles. The first-order valence-corrected chi connectivity index (χ1v) is 7.27. The fraction of sp³-hybridized carbons (Fsp3) is 0.600. The first-order chi connectivity index (χ1) is 8.80. The molecule has 0 aliphatic rings. The topological polar surface area (TPSA) is 123 Å². The fourth-order valence-corrected chi connectivity index (χ4v) is 2.86. The van der Waals surface area contributed by atoms with Gasteiger partial charge < -0.3 is 15.5 Å². The highest BCUT2D eigenvalue weighted by atomic mass is 32.2. The van der Waals surface area contributed by atoms with Crippen LogP contribution >= 0.6 is 0 Å². The van der Waals surface area contributed by atoms with Crippen molar-refractivity contribution in [2.24, 2.45) is 17.9 Å². The molecule has 1 aromatic heterocycles. The molecule has 4 N–H and O–H groups in total. The van der Waals surface area contributed by atoms with Crippen molar-refractivity contribution in [1.82, 2.24) is 14.3 Å². The van der Waals surface area contributed by atoms with E-state index >= 15 is 0 Å². The van der Waals surface area contributed by atoms with Crippen LogP contribution in [0.4, 0.5) is 0 Å². The number of sulfonamides is 1. The van der Waals surface area contributed by atoms with Gasteiger partial charge in [-0.05, 0) is 13.3 Å². The van der Waals surface area contributed by atoms with E-state index in [0.717, 1.165) is 0 Å². The molecule has 0 bridgehead atoms. The molecule has 19 heavy (non-hydrogen) atoms. The van der Waals surface area contributed by atoms with E-state index in [9.17, 15) is 8.42 Å². The molecule has 0 fully saturated rings. The molecule has 0 spiro atoms. The lowest BCUT2D eigenvalue weighted by Crippen LogP contribution is -2.37. The molecular formula is C10H19N5O3S. The molecule has 108 valence electrons. The van der Waals surface area contributed by atoms with Crippen molar-refractivity contribution in [2.45, 2.75) is 37.8 Å². The molecule has 0 saturated carbocycles. The standard InChI is InChI=1S/C10H19N5O3S/c1-4-8(5-9(11)13-16)14-19(17,18)10-6-15(3)7(2)12-10/h6,8,14,16H,4-5H2,1-3H3,(H2,11,13). The summed E-state index contributed by atoms with van der Waals surface area (Å²) in [5.41, 5.74) is 5.38. The quantitative estimate of drug-likeness (QED) is 0.292. The lowest BCUT2D eigenvalue weighted by molar-refractivity contribution is 0.316. The number of nitrogens with zero attached hydrogens (tertiary/aromatic N) is 3. The van der Waals surface area contributed by atoms with Crippen molar-refractivity contribution in [3.8, 4) is 0 Å². The predicted octanol–water partition coefficient (Wildman–Crippen LogP) is -0.0781. The van der Waals surface area contributed by atoms with Crippen molar-refractivity contribution >= 4 is 15.9 Å². The van der Waals surface area contributed by atoms with Gasteiger partial charge in [0.05, 0.1) is 0 Å². The number of imidazole rings is 1. The molecule has 9 heteroatoms. The summed E-state index contributed by atoms with van der Waals surface area (Å²) in [6.07, 6.45) is 2.09. The summed E-state index contributed by atoms with van der Waals surface area (Å²) >= 11 is 0. The van der Waals surface area contributed by atoms with Crippen molar-refractivity contribution in [1.29, 1.82) is 0 Å². The number of hydrogen-bond donors (Lipinski definition) is 3. The summed E-state index contributed by atoms with van der Waals surface area (Å²) in [6, 6.07) is -0.441. The molecule has 1 aromatic rings. The van der Waals surface area contributed by atoms with E-state index in [2.05, 4.69) is 14.9 Å². The molecular weight excluding hydrogens is 270 g/mol. The molecule has 0 aromatic carbocycles. The van der Waals surface area contributed by atoms with E-state index < -0.39 is 16.1 Å². The second-order valence-electron chi connectivity index (χ2n) is 4.26. The Morgan fingerprint density at radius 2 is 2.32 bits per heavy atom. The molecule has 8 nitrogen and oxygen atoms in total. The first-order valence-electron chi connectivity index (χ1n) is 5.78. The molecule has 0 amide bonds. The minimum absolute atomic E-state index is 0.0215.